The van der Waals surface area contributed by atoms with E-state index in [4.69, 9.17) is 0 Å². The second kappa shape index (κ2) is 5.21. The number of hydrogen-bond acceptors (Lipinski definition) is 3. The summed E-state index contributed by atoms with van der Waals surface area (Å²) in [7, 11) is 0. The number of nitriles is 1. The van der Waals surface area contributed by atoms with Crippen LogP contribution in [0.25, 0.3) is 0 Å². The van der Waals surface area contributed by atoms with E-state index in [9.17, 15) is 10.1 Å². The lowest BCUT2D eigenvalue weighted by atomic mass is 9.87. The van der Waals surface area contributed by atoms with Crippen molar-refractivity contribution in [3.63, 3.8) is 0 Å². The zero-order valence-electron chi connectivity index (χ0n) is 10.6. The number of amides is 1. The van der Waals surface area contributed by atoms with Crippen LogP contribution >= 0.6 is 0 Å². The normalized spacial score (nSPS) is 19.1. The van der Waals surface area contributed by atoms with Gasteiger partial charge < -0.3 is 9.88 Å². The van der Waals surface area contributed by atoms with Crippen LogP contribution in [0.4, 0.5) is 0 Å². The summed E-state index contributed by atoms with van der Waals surface area (Å²) in [4.78, 5) is 16.1. The minimum absolute atomic E-state index is 0.00229. The highest BCUT2D eigenvalue weighted by molar-refractivity contribution is 5.85. The Bertz CT molecular complexity index is 440. The molecule has 0 spiro atoms. The molecule has 1 fully saturated rings. The molecule has 1 aliphatic carbocycles. The Hall–Kier alpha value is -1.83. The summed E-state index contributed by atoms with van der Waals surface area (Å²) in [6, 6.07) is 2.21. The lowest BCUT2D eigenvalue weighted by molar-refractivity contribution is -0.128. The Kier molecular flexibility index (Phi) is 3.66. The molecule has 1 atom stereocenters. The zero-order chi connectivity index (χ0) is 13.0. The highest BCUT2D eigenvalue weighted by atomic mass is 16.2. The van der Waals surface area contributed by atoms with Gasteiger partial charge in [-0.2, -0.15) is 5.26 Å². The van der Waals surface area contributed by atoms with Gasteiger partial charge in [-0.3, -0.25) is 4.79 Å². The van der Waals surface area contributed by atoms with Crippen molar-refractivity contribution < 1.29 is 4.79 Å². The van der Waals surface area contributed by atoms with Crippen LogP contribution < -0.4 is 5.32 Å². The molecule has 1 saturated carbocycles. The maximum atomic E-state index is 12.2. The summed E-state index contributed by atoms with van der Waals surface area (Å²) < 4.78 is 1.92. The van der Waals surface area contributed by atoms with E-state index < -0.39 is 5.41 Å². The average molecular weight is 246 g/mol. The molecule has 1 aliphatic rings. The lowest BCUT2D eigenvalue weighted by Crippen LogP contribution is -2.44. The summed E-state index contributed by atoms with van der Waals surface area (Å²) in [6.07, 6.45) is 8.60. The molecule has 0 radical (unpaired) electrons. The van der Waals surface area contributed by atoms with E-state index in [-0.39, 0.29) is 11.9 Å². The third-order valence-electron chi connectivity index (χ3n) is 3.53. The summed E-state index contributed by atoms with van der Waals surface area (Å²) >= 11 is 0. The third-order valence-corrected chi connectivity index (χ3v) is 3.53. The van der Waals surface area contributed by atoms with Gasteiger partial charge in [0.15, 0.2) is 0 Å². The summed E-state index contributed by atoms with van der Waals surface area (Å²) in [5.41, 5.74) is -0.788. The molecule has 0 aromatic carbocycles. The number of imidazole rings is 1. The van der Waals surface area contributed by atoms with Gasteiger partial charge in [0, 0.05) is 25.0 Å². The van der Waals surface area contributed by atoms with Crippen LogP contribution in [0.1, 0.15) is 32.6 Å². The quantitative estimate of drug-likeness (QED) is 0.874. The molecule has 18 heavy (non-hydrogen) atoms. The van der Waals surface area contributed by atoms with Crippen LogP contribution in [0, 0.1) is 16.7 Å². The van der Waals surface area contributed by atoms with Gasteiger partial charge in [-0.25, -0.2) is 4.98 Å². The molecular weight excluding hydrogens is 228 g/mol. The number of rotatable bonds is 4. The van der Waals surface area contributed by atoms with Gasteiger partial charge in [-0.1, -0.05) is 12.8 Å². The number of carbonyl (C=O) groups excluding carboxylic acids is 1. The lowest BCUT2D eigenvalue weighted by Gasteiger charge is -2.22. The Balaban J connectivity index is 1.92. The number of nitrogens with one attached hydrogen (secondary N) is 1. The van der Waals surface area contributed by atoms with Crippen molar-refractivity contribution in [3.8, 4) is 6.07 Å². The predicted octanol–water partition coefficient (Wildman–Crippen LogP) is 1.47. The molecule has 5 heteroatoms. The van der Waals surface area contributed by atoms with Gasteiger partial charge in [0.1, 0.15) is 5.41 Å². The minimum atomic E-state index is -0.788. The molecule has 0 aliphatic heterocycles. The molecule has 1 amide bonds. The fourth-order valence-electron chi connectivity index (χ4n) is 2.49. The van der Waals surface area contributed by atoms with E-state index in [2.05, 4.69) is 16.4 Å². The maximum Gasteiger partial charge on any atom is 0.240 e. The van der Waals surface area contributed by atoms with Crippen LogP contribution in [0.5, 0.6) is 0 Å². The Labute approximate surface area is 107 Å². The van der Waals surface area contributed by atoms with E-state index in [1.165, 1.54) is 0 Å². The van der Waals surface area contributed by atoms with Crippen molar-refractivity contribution in [2.24, 2.45) is 5.41 Å². The zero-order valence-corrected chi connectivity index (χ0v) is 10.6. The molecule has 2 rings (SSSR count). The summed E-state index contributed by atoms with van der Waals surface area (Å²) in [5, 5.41) is 12.2. The van der Waals surface area contributed by atoms with Crippen LogP contribution in [0.15, 0.2) is 18.7 Å². The van der Waals surface area contributed by atoms with Crippen molar-refractivity contribution in [2.45, 2.75) is 45.2 Å². The number of hydrogen-bond donors (Lipinski definition) is 1. The van der Waals surface area contributed by atoms with Crippen LogP contribution in [0.2, 0.25) is 0 Å². The van der Waals surface area contributed by atoms with E-state index in [0.29, 0.717) is 19.4 Å². The molecule has 5 nitrogen and oxygen atoms in total. The summed E-state index contributed by atoms with van der Waals surface area (Å²) in [6.45, 7) is 2.62. The van der Waals surface area contributed by atoms with E-state index in [1.54, 1.807) is 12.5 Å². The van der Waals surface area contributed by atoms with Crippen molar-refractivity contribution in [1.82, 2.24) is 14.9 Å². The third kappa shape index (κ3) is 2.53. The molecule has 0 saturated heterocycles. The Morgan fingerprint density at radius 2 is 2.33 bits per heavy atom. The van der Waals surface area contributed by atoms with E-state index >= 15 is 0 Å². The Morgan fingerprint density at radius 3 is 2.89 bits per heavy atom. The minimum Gasteiger partial charge on any atom is -0.350 e. The smallest absolute Gasteiger partial charge is 0.240 e. The van der Waals surface area contributed by atoms with Gasteiger partial charge in [-0.15, -0.1) is 0 Å². The van der Waals surface area contributed by atoms with Gasteiger partial charge in [0.05, 0.1) is 12.4 Å². The van der Waals surface area contributed by atoms with Crippen LogP contribution in [-0.4, -0.2) is 21.5 Å². The van der Waals surface area contributed by atoms with Gasteiger partial charge in [-0.05, 0) is 19.8 Å². The van der Waals surface area contributed by atoms with Gasteiger partial charge in [0.25, 0.3) is 0 Å². The highest BCUT2D eigenvalue weighted by Crippen LogP contribution is 2.37. The monoisotopic (exact) mass is 246 g/mol. The first-order valence-electron chi connectivity index (χ1n) is 6.34. The molecule has 0 bridgehead atoms. The molecule has 1 N–H and O–H groups in total. The molecule has 1 unspecified atom stereocenters. The Morgan fingerprint density at radius 1 is 1.61 bits per heavy atom. The first kappa shape index (κ1) is 12.6. The standard InChI is InChI=1S/C13H18N4O/c1-11(8-17-7-6-15-10-17)16-12(18)13(9-14)4-2-3-5-13/h6-7,10-11H,2-5,8H2,1H3,(H,16,18). The van der Waals surface area contributed by atoms with Crippen molar-refractivity contribution in [1.29, 1.82) is 5.26 Å². The molecule has 1 heterocycles. The number of nitrogens with zero attached hydrogens (tertiary/aromatic N) is 3. The largest absolute Gasteiger partial charge is 0.350 e. The first-order chi connectivity index (χ1) is 8.66. The fraction of sp³-hybridized carbons (Fsp3) is 0.615. The SMILES string of the molecule is CC(Cn1ccnc1)NC(=O)C1(C#N)CCCC1. The summed E-state index contributed by atoms with van der Waals surface area (Å²) in [5.74, 6) is -0.116. The molecular formula is C13H18N4O. The van der Waals surface area contributed by atoms with Crippen molar-refractivity contribution in [2.75, 3.05) is 0 Å². The second-order valence-electron chi connectivity index (χ2n) is 5.04. The topological polar surface area (TPSA) is 70.7 Å². The predicted molar refractivity (Wildman–Crippen MR) is 66.3 cm³/mol. The highest BCUT2D eigenvalue weighted by Gasteiger charge is 2.41. The second-order valence-corrected chi connectivity index (χ2v) is 5.04. The van der Waals surface area contributed by atoms with Crippen molar-refractivity contribution in [3.05, 3.63) is 18.7 Å². The van der Waals surface area contributed by atoms with Gasteiger partial charge >= 0.3 is 0 Å². The fourth-order valence-corrected chi connectivity index (χ4v) is 2.49. The average Bonchev–Trinajstić information content (AvgIpc) is 2.99. The van der Waals surface area contributed by atoms with E-state index in [1.807, 2.05) is 17.7 Å². The number of carbonyl (C=O) groups is 1. The van der Waals surface area contributed by atoms with Crippen LogP contribution in [0.3, 0.4) is 0 Å². The van der Waals surface area contributed by atoms with E-state index in [0.717, 1.165) is 12.8 Å². The molecule has 96 valence electrons. The van der Waals surface area contributed by atoms with Crippen LogP contribution in [-0.2, 0) is 11.3 Å². The first-order valence-corrected chi connectivity index (χ1v) is 6.34. The molecule has 1 aromatic rings. The molecule has 1 aromatic heterocycles. The van der Waals surface area contributed by atoms with Crippen molar-refractivity contribution >= 4 is 5.91 Å². The number of aromatic nitrogens is 2. The van der Waals surface area contributed by atoms with Gasteiger partial charge in [0.2, 0.25) is 5.91 Å². The maximum absolute atomic E-state index is 12.2.